The summed E-state index contributed by atoms with van der Waals surface area (Å²) in [5, 5.41) is 0. The fraction of sp³-hybridized carbons (Fsp3) is 0.333. The van der Waals surface area contributed by atoms with E-state index in [1.165, 1.54) is 0 Å². The summed E-state index contributed by atoms with van der Waals surface area (Å²) >= 11 is -2.79. The molecule has 0 aromatic carbocycles. The molecule has 4 heavy (non-hydrogen) atoms. The Morgan fingerprint density at radius 3 is 2.50 bits per heavy atom. The van der Waals surface area contributed by atoms with E-state index in [2.05, 4.69) is 6.92 Å². The van der Waals surface area contributed by atoms with Crippen molar-refractivity contribution in [3.63, 3.8) is 0 Å². The molecule has 1 heteroatoms. The molecule has 0 nitrogen and oxygen atoms in total. The van der Waals surface area contributed by atoms with Gasteiger partial charge in [-0.3, -0.25) is 0 Å². The molecule has 0 aliphatic rings. The van der Waals surface area contributed by atoms with Crippen molar-refractivity contribution in [3.8, 4) is 0 Å². The molecule has 0 saturated heterocycles. The molecule has 0 aromatic heterocycles. The second-order valence-electron chi connectivity index (χ2n) is 0. The van der Waals surface area contributed by atoms with Gasteiger partial charge in [0.1, 0.15) is 0 Å². The summed E-state index contributed by atoms with van der Waals surface area (Å²) in [5.41, 5.74) is 0. The Labute approximate surface area is 48.7 Å². The first-order valence-corrected chi connectivity index (χ1v) is 0.707. The molecule has 0 unspecified atom stereocenters. The van der Waals surface area contributed by atoms with E-state index in [0.29, 0.717) is 0 Å². The van der Waals surface area contributed by atoms with Gasteiger partial charge in [0.15, 0.2) is 0 Å². The molecule has 0 spiro atoms. The van der Waals surface area contributed by atoms with Crippen LogP contribution in [0.1, 0.15) is 6.92 Å². The summed E-state index contributed by atoms with van der Waals surface area (Å²) in [6.45, 7) is 5.00. The van der Waals surface area contributed by atoms with Crippen molar-refractivity contribution >= 4 is 0 Å². The molecule has 0 heterocycles. The van der Waals surface area contributed by atoms with Crippen molar-refractivity contribution in [2.45, 2.75) is 6.92 Å². The summed E-state index contributed by atoms with van der Waals surface area (Å²) in [4.78, 5) is 0. The Kier molecular flexibility index (Phi) is 32.0. The van der Waals surface area contributed by atoms with E-state index in [4.69, 9.17) is 1.41 Å². The molecule has 0 aliphatic heterocycles. The van der Waals surface area contributed by atoms with Gasteiger partial charge in [-0.2, -0.15) is 6.92 Å². The Bertz CT molecular complexity index is 14.9. The van der Waals surface area contributed by atoms with Crippen molar-refractivity contribution in [1.82, 2.24) is 0 Å². The first-order valence-electron chi connectivity index (χ1n) is 2.21. The molecular formula is C3H11Zr-2. The van der Waals surface area contributed by atoms with Crippen molar-refractivity contribution in [2.75, 3.05) is 0 Å². The molecular weight excluding hydrogens is 127 g/mol. The third-order valence-electron chi connectivity index (χ3n) is 0. The minimum absolute atomic E-state index is 0. The van der Waals surface area contributed by atoms with Gasteiger partial charge in [-0.05, 0) is 0 Å². The summed E-state index contributed by atoms with van der Waals surface area (Å²) in [7, 11) is 0. The van der Waals surface area contributed by atoms with Gasteiger partial charge in [0, 0.05) is 0 Å². The van der Waals surface area contributed by atoms with E-state index in [9.17, 15) is 0 Å². The van der Waals surface area contributed by atoms with Crippen LogP contribution in [0.2, 0.25) is 0 Å². The zero-order valence-electron chi connectivity index (χ0n) is 6.21. The molecule has 0 bridgehead atoms. The Morgan fingerprint density at radius 2 is 2.50 bits per heavy atom. The second-order valence-corrected chi connectivity index (χ2v) is 0. The average Bonchev–Trinajstić information content (AvgIpc) is 1.41. The molecule has 0 atom stereocenters. The molecule has 0 amide bonds. The molecule has 0 radical (unpaired) electrons. The Morgan fingerprint density at radius 1 is 2.50 bits per heavy atom. The smallest absolute Gasteiger partial charge is 0.194 e. The quantitative estimate of drug-likeness (QED) is 0.432. The minimum atomic E-state index is -2.79. The summed E-state index contributed by atoms with van der Waals surface area (Å²) < 4.78 is 18.3. The topological polar surface area (TPSA) is 0 Å². The van der Waals surface area contributed by atoms with Gasteiger partial charge in [0.2, 0.25) is 0 Å². The van der Waals surface area contributed by atoms with Crippen molar-refractivity contribution < 1.29 is 25.6 Å². The first-order chi connectivity index (χ1) is 2.73. The maximum Gasteiger partial charge on any atom is -0.194 e. The fourth-order valence-electron chi connectivity index (χ4n) is 0. The zero-order valence-corrected chi connectivity index (χ0v) is 5.67. The van der Waals surface area contributed by atoms with E-state index < -0.39 is 25.6 Å². The van der Waals surface area contributed by atoms with Gasteiger partial charge >= 0.3 is 27.0 Å². The first kappa shape index (κ1) is 3.09. The Hall–Kier alpha value is 0.883. The van der Waals surface area contributed by atoms with Crippen LogP contribution < -0.4 is 0 Å². The van der Waals surface area contributed by atoms with Gasteiger partial charge in [-0.15, -0.1) is 0 Å². The van der Waals surface area contributed by atoms with Gasteiger partial charge in [-0.1, -0.05) is 0 Å². The van der Waals surface area contributed by atoms with E-state index in [-0.39, 0.29) is 7.43 Å². The van der Waals surface area contributed by atoms with Crippen LogP contribution in [0.4, 0.5) is 0 Å². The minimum Gasteiger partial charge on any atom is -0.358 e. The molecule has 0 fully saturated rings. The second kappa shape index (κ2) is 41.4. The summed E-state index contributed by atoms with van der Waals surface area (Å²) in [5.74, 6) is 0. The van der Waals surface area contributed by atoms with Crippen LogP contribution >= 0.6 is 0 Å². The van der Waals surface area contributed by atoms with Crippen LogP contribution in [0.3, 0.4) is 0 Å². The molecule has 0 aromatic rings. The number of hydrogen-bond donors (Lipinski definition) is 0. The van der Waals surface area contributed by atoms with Gasteiger partial charge in [0.25, 0.3) is 0 Å². The van der Waals surface area contributed by atoms with Gasteiger partial charge in [-0.25, -0.2) is 0 Å². The third-order valence-corrected chi connectivity index (χ3v) is 0. The van der Waals surface area contributed by atoms with Crippen LogP contribution in [0.15, 0.2) is 0 Å². The van der Waals surface area contributed by atoms with E-state index in [0.717, 1.165) is 0 Å². The largest absolute Gasteiger partial charge is 0.358 e. The summed E-state index contributed by atoms with van der Waals surface area (Å²) in [6, 6.07) is 0. The summed E-state index contributed by atoms with van der Waals surface area (Å²) in [6.07, 6.45) is 0. The van der Waals surface area contributed by atoms with Crippen molar-refractivity contribution in [1.29, 1.82) is 1.41 Å². The third kappa shape index (κ3) is 13.1. The van der Waals surface area contributed by atoms with Crippen LogP contribution in [-0.2, 0) is 25.6 Å². The molecule has 29 valence electrons. The molecule has 0 N–H and O–H groups in total. The van der Waals surface area contributed by atoms with Gasteiger partial charge < -0.3 is 14.4 Å². The van der Waals surface area contributed by atoms with Crippen LogP contribution in [-0.4, -0.2) is 1.41 Å². The molecule has 0 saturated carbocycles. The van der Waals surface area contributed by atoms with Crippen molar-refractivity contribution in [2.24, 2.45) is 0 Å². The molecule has 0 aliphatic carbocycles. The Balaban J connectivity index is -0.0000000480. The standard InChI is InChI=1S/C2H5.CH3.Zr.3H/c1-2;;;;;/h1H2,2H3;1H3;;;;/q2*-1;;;;/i;;;1+2;2*1+1. The fourth-order valence-corrected chi connectivity index (χ4v) is 0. The zero-order chi connectivity index (χ0) is 5.58. The van der Waals surface area contributed by atoms with Crippen LogP contribution in [0.5, 0.6) is 0 Å². The van der Waals surface area contributed by atoms with Crippen LogP contribution in [0.25, 0.3) is 0 Å². The number of hydrogen-bond acceptors (Lipinski definition) is 0. The maximum atomic E-state index is 6.11. The van der Waals surface area contributed by atoms with Crippen LogP contribution in [0, 0.1) is 14.4 Å². The average molecular weight is 142 g/mol. The molecule has 0 rings (SSSR count). The van der Waals surface area contributed by atoms with E-state index >= 15 is 0 Å². The SMILES string of the molecule is [2H][Zr]([2H])[3H].[CH2-]C.[CH3-]. The normalized spacial score (nSPS) is 9.00. The van der Waals surface area contributed by atoms with E-state index in [1.54, 1.807) is 6.92 Å². The number of rotatable bonds is 0. The monoisotopic (exact) mass is 141 g/mol. The van der Waals surface area contributed by atoms with E-state index in [1.807, 2.05) is 0 Å². The van der Waals surface area contributed by atoms with Gasteiger partial charge in [0.05, 0.1) is 0 Å². The van der Waals surface area contributed by atoms with Crippen molar-refractivity contribution in [3.05, 3.63) is 14.4 Å². The predicted octanol–water partition coefficient (Wildman–Crippen LogP) is 0.485. The predicted molar refractivity (Wildman–Crippen MR) is 21.6 cm³/mol. The maximum absolute atomic E-state index is 6.11.